The predicted octanol–water partition coefficient (Wildman–Crippen LogP) is 2.53. The van der Waals surface area contributed by atoms with E-state index in [1.165, 1.54) is 38.5 Å². The summed E-state index contributed by atoms with van der Waals surface area (Å²) < 4.78 is 15.5. The Bertz CT molecular complexity index is 182. The standard InChI is InChI=1S/C7H14O2.C6H10O/c1-2-3-4-8-5-7-6-9-7;1-2-4-6-5(3-1)7-6/h7H,2-6H2,1H3;5-6H,1-4H2. The predicted molar refractivity (Wildman–Crippen MR) is 62.6 cm³/mol. The number of ether oxygens (including phenoxy) is 3. The first-order valence-corrected chi connectivity index (χ1v) is 6.75. The van der Waals surface area contributed by atoms with Gasteiger partial charge in [-0.3, -0.25) is 0 Å². The van der Waals surface area contributed by atoms with Crippen LogP contribution in [0.25, 0.3) is 0 Å². The molecule has 0 amide bonds. The first-order chi connectivity index (χ1) is 7.90. The Morgan fingerprint density at radius 1 is 1.19 bits per heavy atom. The van der Waals surface area contributed by atoms with E-state index in [1.807, 2.05) is 0 Å². The molecule has 0 N–H and O–H groups in total. The average molecular weight is 228 g/mol. The fraction of sp³-hybridized carbons (Fsp3) is 1.00. The van der Waals surface area contributed by atoms with Gasteiger partial charge in [0.15, 0.2) is 0 Å². The molecule has 2 aliphatic heterocycles. The summed E-state index contributed by atoms with van der Waals surface area (Å²) in [7, 11) is 0. The lowest BCUT2D eigenvalue weighted by molar-refractivity contribution is 0.114. The zero-order valence-corrected chi connectivity index (χ0v) is 10.3. The molecule has 3 nitrogen and oxygen atoms in total. The molecule has 3 aliphatic rings. The molecule has 3 atom stereocenters. The second-order valence-electron chi connectivity index (χ2n) is 4.88. The summed E-state index contributed by atoms with van der Waals surface area (Å²) in [4.78, 5) is 0. The van der Waals surface area contributed by atoms with Crippen LogP contribution in [0.5, 0.6) is 0 Å². The van der Waals surface area contributed by atoms with E-state index >= 15 is 0 Å². The molecule has 1 saturated carbocycles. The van der Waals surface area contributed by atoms with Gasteiger partial charge in [-0.05, 0) is 19.3 Å². The fourth-order valence-electron chi connectivity index (χ4n) is 2.00. The Kier molecular flexibility index (Phi) is 5.07. The molecule has 3 rings (SSSR count). The monoisotopic (exact) mass is 228 g/mol. The summed E-state index contributed by atoms with van der Waals surface area (Å²) in [6.45, 7) is 4.78. The molecule has 94 valence electrons. The lowest BCUT2D eigenvalue weighted by Gasteiger charge is -2.00. The molecule has 0 bridgehead atoms. The highest BCUT2D eigenvalue weighted by molar-refractivity contribution is 4.87. The minimum atomic E-state index is 0.432. The second kappa shape index (κ2) is 6.58. The van der Waals surface area contributed by atoms with Crippen molar-refractivity contribution < 1.29 is 14.2 Å². The third kappa shape index (κ3) is 4.81. The Labute approximate surface area is 98.4 Å². The van der Waals surface area contributed by atoms with Gasteiger partial charge in [-0.25, -0.2) is 0 Å². The average Bonchev–Trinajstić information content (AvgIpc) is 3.17. The number of epoxide rings is 2. The van der Waals surface area contributed by atoms with Gasteiger partial charge in [0, 0.05) is 6.61 Å². The van der Waals surface area contributed by atoms with Gasteiger partial charge in [0.25, 0.3) is 0 Å². The van der Waals surface area contributed by atoms with Crippen molar-refractivity contribution in [1.82, 2.24) is 0 Å². The highest BCUT2D eigenvalue weighted by atomic mass is 16.6. The van der Waals surface area contributed by atoms with Crippen LogP contribution in [-0.4, -0.2) is 38.1 Å². The maximum absolute atomic E-state index is 5.28. The molecule has 0 aromatic rings. The van der Waals surface area contributed by atoms with Gasteiger partial charge >= 0.3 is 0 Å². The third-order valence-electron chi connectivity index (χ3n) is 3.26. The molecule has 16 heavy (non-hydrogen) atoms. The fourth-order valence-corrected chi connectivity index (χ4v) is 2.00. The van der Waals surface area contributed by atoms with Crippen LogP contribution in [0.15, 0.2) is 0 Å². The Morgan fingerprint density at radius 2 is 1.88 bits per heavy atom. The van der Waals surface area contributed by atoms with Crippen molar-refractivity contribution in [3.8, 4) is 0 Å². The van der Waals surface area contributed by atoms with E-state index in [0.29, 0.717) is 18.3 Å². The van der Waals surface area contributed by atoms with E-state index in [-0.39, 0.29) is 0 Å². The number of hydrogen-bond donors (Lipinski definition) is 0. The summed E-state index contributed by atoms with van der Waals surface area (Å²) in [5.74, 6) is 0. The molecule has 0 radical (unpaired) electrons. The van der Waals surface area contributed by atoms with E-state index in [9.17, 15) is 0 Å². The van der Waals surface area contributed by atoms with Gasteiger partial charge in [-0.15, -0.1) is 0 Å². The van der Waals surface area contributed by atoms with Crippen molar-refractivity contribution in [1.29, 1.82) is 0 Å². The molecule has 0 aromatic carbocycles. The number of rotatable bonds is 5. The van der Waals surface area contributed by atoms with Crippen LogP contribution in [0.1, 0.15) is 45.4 Å². The third-order valence-corrected chi connectivity index (χ3v) is 3.26. The molecule has 2 saturated heterocycles. The summed E-state index contributed by atoms with van der Waals surface area (Å²) in [6, 6.07) is 0. The minimum Gasteiger partial charge on any atom is -0.379 e. The molecular weight excluding hydrogens is 204 g/mol. The zero-order chi connectivity index (χ0) is 11.2. The van der Waals surface area contributed by atoms with Crippen LogP contribution in [0, 0.1) is 0 Å². The lowest BCUT2D eigenvalue weighted by Crippen LogP contribution is -2.01. The molecule has 3 heteroatoms. The quantitative estimate of drug-likeness (QED) is 0.535. The molecule has 0 aromatic heterocycles. The van der Waals surface area contributed by atoms with Crippen molar-refractivity contribution in [3.05, 3.63) is 0 Å². The van der Waals surface area contributed by atoms with E-state index in [0.717, 1.165) is 19.8 Å². The highest BCUT2D eigenvalue weighted by Gasteiger charge is 2.39. The van der Waals surface area contributed by atoms with Gasteiger partial charge in [0.1, 0.15) is 6.10 Å². The molecule has 1 aliphatic carbocycles. The smallest absolute Gasteiger partial charge is 0.104 e. The molecule has 3 fully saturated rings. The first kappa shape index (κ1) is 12.3. The topological polar surface area (TPSA) is 34.3 Å². The lowest BCUT2D eigenvalue weighted by atomic mass is 10.0. The van der Waals surface area contributed by atoms with Gasteiger partial charge in [0.2, 0.25) is 0 Å². The molecule has 2 heterocycles. The van der Waals surface area contributed by atoms with Crippen LogP contribution >= 0.6 is 0 Å². The summed E-state index contributed by atoms with van der Waals surface area (Å²) in [5, 5.41) is 0. The van der Waals surface area contributed by atoms with Crippen LogP contribution < -0.4 is 0 Å². The van der Waals surface area contributed by atoms with Crippen molar-refractivity contribution >= 4 is 0 Å². The normalized spacial score (nSPS) is 34.7. The number of hydrogen-bond acceptors (Lipinski definition) is 3. The highest BCUT2D eigenvalue weighted by Crippen LogP contribution is 2.35. The van der Waals surface area contributed by atoms with Crippen LogP contribution in [0.3, 0.4) is 0 Å². The summed E-state index contributed by atoms with van der Waals surface area (Å²) >= 11 is 0. The van der Waals surface area contributed by atoms with Gasteiger partial charge in [-0.2, -0.15) is 0 Å². The van der Waals surface area contributed by atoms with Gasteiger partial charge in [-0.1, -0.05) is 26.2 Å². The largest absolute Gasteiger partial charge is 0.379 e. The van der Waals surface area contributed by atoms with E-state index in [4.69, 9.17) is 14.2 Å². The van der Waals surface area contributed by atoms with Gasteiger partial charge < -0.3 is 14.2 Å². The summed E-state index contributed by atoms with van der Waals surface area (Å²) in [6.07, 6.45) is 9.71. The summed E-state index contributed by atoms with van der Waals surface area (Å²) in [5.41, 5.74) is 0. The van der Waals surface area contributed by atoms with Crippen molar-refractivity contribution in [3.63, 3.8) is 0 Å². The van der Waals surface area contributed by atoms with E-state index in [2.05, 4.69) is 6.92 Å². The van der Waals surface area contributed by atoms with Crippen molar-refractivity contribution in [2.24, 2.45) is 0 Å². The van der Waals surface area contributed by atoms with Crippen LogP contribution in [0.4, 0.5) is 0 Å². The van der Waals surface area contributed by atoms with Crippen LogP contribution in [0.2, 0.25) is 0 Å². The minimum absolute atomic E-state index is 0.432. The van der Waals surface area contributed by atoms with Gasteiger partial charge in [0.05, 0.1) is 25.4 Å². The van der Waals surface area contributed by atoms with E-state index in [1.54, 1.807) is 0 Å². The molecule has 3 unspecified atom stereocenters. The van der Waals surface area contributed by atoms with Crippen LogP contribution in [-0.2, 0) is 14.2 Å². The van der Waals surface area contributed by atoms with Crippen molar-refractivity contribution in [2.75, 3.05) is 19.8 Å². The van der Waals surface area contributed by atoms with E-state index < -0.39 is 0 Å². The Morgan fingerprint density at radius 3 is 2.38 bits per heavy atom. The Hall–Kier alpha value is -0.120. The zero-order valence-electron chi connectivity index (χ0n) is 10.3. The molecular formula is C13H24O3. The molecule has 0 spiro atoms. The van der Waals surface area contributed by atoms with Crippen molar-refractivity contribution in [2.45, 2.75) is 63.8 Å². The number of fused-ring (bicyclic) bond motifs is 1. The maximum atomic E-state index is 5.28. The maximum Gasteiger partial charge on any atom is 0.104 e. The first-order valence-electron chi connectivity index (χ1n) is 6.75. The SMILES string of the molecule is C1CCC2OC2C1.CCCCOCC1CO1. The number of unbranched alkanes of at least 4 members (excludes halogenated alkanes) is 1. The Balaban J connectivity index is 0.000000123. The second-order valence-corrected chi connectivity index (χ2v) is 4.88.